The molecule has 222 valence electrons. The zero-order valence-corrected chi connectivity index (χ0v) is 24.8. The summed E-state index contributed by atoms with van der Waals surface area (Å²) in [6, 6.07) is 19.2. The lowest BCUT2D eigenvalue weighted by atomic mass is 10.1. The molecule has 10 nitrogen and oxygen atoms in total. The second kappa shape index (κ2) is 14.1. The van der Waals surface area contributed by atoms with Crippen molar-refractivity contribution in [1.29, 1.82) is 0 Å². The van der Waals surface area contributed by atoms with E-state index in [1.165, 1.54) is 16.8 Å². The molecule has 0 spiro atoms. The number of nitrogens with zero attached hydrogens (tertiary/aromatic N) is 2. The Balaban J connectivity index is 1.26. The lowest BCUT2D eigenvalue weighted by molar-refractivity contribution is -0.123. The monoisotopic (exact) mass is 592 g/mol. The largest absolute Gasteiger partial charge is 0.484 e. The van der Waals surface area contributed by atoms with Crippen molar-refractivity contribution in [2.75, 3.05) is 30.3 Å². The summed E-state index contributed by atoms with van der Waals surface area (Å²) in [6.07, 6.45) is 4.73. The molecule has 1 aliphatic heterocycles. The van der Waals surface area contributed by atoms with Crippen LogP contribution in [-0.4, -0.2) is 58.6 Å². The highest BCUT2D eigenvalue weighted by atomic mass is 32.2. The summed E-state index contributed by atoms with van der Waals surface area (Å²) >= 11 is 0. The summed E-state index contributed by atoms with van der Waals surface area (Å²) in [5, 5.41) is 6.82. The number of carbonyl (C=O) groups is 2. The number of rotatable bonds is 12. The predicted molar refractivity (Wildman–Crippen MR) is 162 cm³/mol. The Hall–Kier alpha value is -4.22. The van der Waals surface area contributed by atoms with Crippen LogP contribution in [0.15, 0.2) is 71.8 Å². The molecule has 3 aromatic rings. The van der Waals surface area contributed by atoms with Gasteiger partial charge in [-0.15, -0.1) is 0 Å². The minimum absolute atomic E-state index is 0.0825. The zero-order chi connectivity index (χ0) is 30.1. The number of amides is 2. The molecule has 42 heavy (non-hydrogen) atoms. The van der Waals surface area contributed by atoms with Crippen LogP contribution in [0.4, 0.5) is 5.69 Å². The van der Waals surface area contributed by atoms with Gasteiger partial charge in [-0.05, 0) is 97.5 Å². The van der Waals surface area contributed by atoms with Crippen molar-refractivity contribution >= 4 is 33.7 Å². The number of aryl methyl sites for hydroxylation is 2. The number of benzene rings is 3. The maximum absolute atomic E-state index is 12.6. The minimum atomic E-state index is -3.52. The smallest absolute Gasteiger partial charge is 0.271 e. The van der Waals surface area contributed by atoms with Crippen LogP contribution in [0.3, 0.4) is 0 Å². The van der Waals surface area contributed by atoms with Gasteiger partial charge in [0.25, 0.3) is 11.8 Å². The maximum atomic E-state index is 12.6. The van der Waals surface area contributed by atoms with Gasteiger partial charge in [0.15, 0.2) is 6.61 Å². The lowest BCUT2D eigenvalue weighted by Gasteiger charge is -2.23. The van der Waals surface area contributed by atoms with Crippen molar-refractivity contribution < 1.29 is 27.5 Å². The molecule has 0 aromatic heterocycles. The van der Waals surface area contributed by atoms with Gasteiger partial charge < -0.3 is 14.8 Å². The van der Waals surface area contributed by atoms with Gasteiger partial charge in [-0.1, -0.05) is 18.2 Å². The Morgan fingerprint density at radius 3 is 2.43 bits per heavy atom. The van der Waals surface area contributed by atoms with Gasteiger partial charge in [0.2, 0.25) is 10.0 Å². The summed E-state index contributed by atoms with van der Waals surface area (Å²) in [7, 11) is -3.52. The molecule has 4 rings (SSSR count). The fraction of sp³-hybridized carbons (Fsp3) is 0.323. The third-order valence-corrected chi connectivity index (χ3v) is 8.04. The van der Waals surface area contributed by atoms with E-state index in [4.69, 9.17) is 9.47 Å². The predicted octanol–water partition coefficient (Wildman–Crippen LogP) is 3.71. The first-order valence-electron chi connectivity index (χ1n) is 13.7. The molecule has 1 aliphatic rings. The van der Waals surface area contributed by atoms with Crippen LogP contribution in [-0.2, 0) is 26.1 Å². The molecule has 0 bridgehead atoms. The van der Waals surface area contributed by atoms with Crippen molar-refractivity contribution in [3.05, 3.63) is 94.5 Å². The molecule has 1 fully saturated rings. The summed E-state index contributed by atoms with van der Waals surface area (Å²) in [4.78, 5) is 24.5. The molecule has 0 saturated carbocycles. The van der Waals surface area contributed by atoms with Crippen LogP contribution in [0, 0.1) is 13.8 Å². The van der Waals surface area contributed by atoms with E-state index in [1.54, 1.807) is 54.6 Å². The van der Waals surface area contributed by atoms with E-state index in [-0.39, 0.29) is 25.2 Å². The van der Waals surface area contributed by atoms with E-state index in [1.807, 2.05) is 26.0 Å². The standard InChI is InChI=1S/C31H36N4O6S/c1-22-6-13-27(17-23(22)2)35(42(3,38)39)20-25-7-11-26(12-8-25)31(37)34-33-18-24-9-14-28(15-10-24)41-21-30(36)32-19-29-5-4-16-40-29/h6-15,17-18,29H,4-5,16,19-21H2,1-3H3,(H,32,36)(H,34,37)/b33-18-/t29-/m0/s1. The SMILES string of the molecule is Cc1ccc(N(Cc2ccc(C(=O)N/N=C\c3ccc(OCC(=O)NC[C@@H]4CCCO4)cc3)cc2)S(C)(=O)=O)cc1C. The minimum Gasteiger partial charge on any atom is -0.484 e. The number of ether oxygens (including phenoxy) is 2. The number of anilines is 1. The van der Waals surface area contributed by atoms with E-state index < -0.39 is 15.9 Å². The van der Waals surface area contributed by atoms with E-state index in [0.717, 1.165) is 41.7 Å². The van der Waals surface area contributed by atoms with Crippen LogP contribution >= 0.6 is 0 Å². The van der Waals surface area contributed by atoms with Gasteiger partial charge in [-0.2, -0.15) is 5.10 Å². The molecule has 11 heteroatoms. The maximum Gasteiger partial charge on any atom is 0.271 e. The summed E-state index contributed by atoms with van der Waals surface area (Å²) in [5.41, 5.74) is 7.02. The van der Waals surface area contributed by atoms with Crippen molar-refractivity contribution in [3.63, 3.8) is 0 Å². The van der Waals surface area contributed by atoms with Gasteiger partial charge in [-0.25, -0.2) is 13.8 Å². The van der Waals surface area contributed by atoms with E-state index in [2.05, 4.69) is 15.8 Å². The topological polar surface area (TPSA) is 126 Å². The number of hydrazone groups is 1. The van der Waals surface area contributed by atoms with E-state index in [9.17, 15) is 18.0 Å². The van der Waals surface area contributed by atoms with Crippen LogP contribution in [0.2, 0.25) is 0 Å². The molecule has 0 radical (unpaired) electrons. The molecule has 2 N–H and O–H groups in total. The molecule has 0 unspecified atom stereocenters. The average molecular weight is 593 g/mol. The average Bonchev–Trinajstić information content (AvgIpc) is 3.49. The first kappa shape index (κ1) is 30.7. The fourth-order valence-electron chi connectivity index (χ4n) is 4.32. The van der Waals surface area contributed by atoms with Crippen LogP contribution in [0.5, 0.6) is 5.75 Å². The van der Waals surface area contributed by atoms with Crippen molar-refractivity contribution in [1.82, 2.24) is 10.7 Å². The van der Waals surface area contributed by atoms with Crippen LogP contribution in [0.1, 0.15) is 45.5 Å². The van der Waals surface area contributed by atoms with Gasteiger partial charge in [-0.3, -0.25) is 13.9 Å². The molecule has 1 saturated heterocycles. The Bertz CT molecular complexity index is 1520. The number of hydrogen-bond acceptors (Lipinski definition) is 7. The first-order valence-corrected chi connectivity index (χ1v) is 15.5. The number of sulfonamides is 1. The third-order valence-electron chi connectivity index (χ3n) is 6.90. The summed E-state index contributed by atoms with van der Waals surface area (Å²) in [5.74, 6) is -0.0719. The van der Waals surface area contributed by atoms with Gasteiger partial charge in [0.1, 0.15) is 5.75 Å². The van der Waals surface area contributed by atoms with E-state index in [0.29, 0.717) is 23.5 Å². The second-order valence-corrected chi connectivity index (χ2v) is 12.1. The van der Waals surface area contributed by atoms with Gasteiger partial charge in [0.05, 0.1) is 30.8 Å². The highest BCUT2D eigenvalue weighted by Gasteiger charge is 2.19. The fourth-order valence-corrected chi connectivity index (χ4v) is 5.20. The molecule has 0 aliphatic carbocycles. The van der Waals surface area contributed by atoms with Gasteiger partial charge in [0, 0.05) is 18.7 Å². The molecule has 1 heterocycles. The Morgan fingerprint density at radius 1 is 1.05 bits per heavy atom. The van der Waals surface area contributed by atoms with Crippen LogP contribution < -0.4 is 19.8 Å². The molecule has 1 atom stereocenters. The van der Waals surface area contributed by atoms with Crippen molar-refractivity contribution in [2.24, 2.45) is 5.10 Å². The highest BCUT2D eigenvalue weighted by Crippen LogP contribution is 2.23. The van der Waals surface area contributed by atoms with Gasteiger partial charge >= 0.3 is 0 Å². The van der Waals surface area contributed by atoms with Crippen LogP contribution in [0.25, 0.3) is 0 Å². The number of nitrogens with one attached hydrogen (secondary N) is 2. The summed E-state index contributed by atoms with van der Waals surface area (Å²) < 4.78 is 37.4. The normalized spacial score (nSPS) is 15.0. The molecular weight excluding hydrogens is 556 g/mol. The van der Waals surface area contributed by atoms with E-state index >= 15 is 0 Å². The second-order valence-electron chi connectivity index (χ2n) is 10.2. The zero-order valence-electron chi connectivity index (χ0n) is 24.0. The quantitative estimate of drug-likeness (QED) is 0.244. The molecular formula is C31H36N4O6S. The summed E-state index contributed by atoms with van der Waals surface area (Å²) in [6.45, 7) is 5.20. The number of carbonyl (C=O) groups excluding carboxylic acids is 2. The first-order chi connectivity index (χ1) is 20.1. The lowest BCUT2D eigenvalue weighted by Crippen LogP contribution is -2.35. The van der Waals surface area contributed by atoms with Crippen molar-refractivity contribution in [3.8, 4) is 5.75 Å². The Morgan fingerprint density at radius 2 is 1.79 bits per heavy atom. The number of hydrogen-bond donors (Lipinski definition) is 2. The van der Waals surface area contributed by atoms with Crippen molar-refractivity contribution in [2.45, 2.75) is 39.3 Å². The Labute approximate surface area is 246 Å². The molecule has 3 aromatic carbocycles. The molecule has 2 amide bonds. The Kier molecular flexibility index (Phi) is 10.3. The highest BCUT2D eigenvalue weighted by molar-refractivity contribution is 7.92. The third kappa shape index (κ3) is 8.89.